The molecule has 1 aromatic carbocycles. The Kier molecular flexibility index (Phi) is 4.37. The van der Waals surface area contributed by atoms with Crippen LogP contribution in [-0.4, -0.2) is 38.7 Å². The van der Waals surface area contributed by atoms with Crippen molar-refractivity contribution in [1.29, 1.82) is 0 Å². The summed E-state index contributed by atoms with van der Waals surface area (Å²) < 4.78 is 1.48. The van der Waals surface area contributed by atoms with Gasteiger partial charge in [-0.05, 0) is 6.92 Å². The van der Waals surface area contributed by atoms with Gasteiger partial charge in [-0.2, -0.15) is 9.61 Å². The van der Waals surface area contributed by atoms with E-state index >= 15 is 0 Å². The van der Waals surface area contributed by atoms with E-state index in [0.29, 0.717) is 4.96 Å². The van der Waals surface area contributed by atoms with Crippen LogP contribution in [0.15, 0.2) is 30.6 Å². The summed E-state index contributed by atoms with van der Waals surface area (Å²) in [6.45, 7) is 3.73. The number of nitrogens with one attached hydrogen (secondary N) is 1. The first kappa shape index (κ1) is 17.0. The third-order valence-electron chi connectivity index (χ3n) is 5.25. The monoisotopic (exact) mass is 372 g/mol. The fraction of sp³-hybridized carbons (Fsp3) is 0.389. The highest BCUT2D eigenvalue weighted by Gasteiger charge is 2.36. The topological polar surface area (TPSA) is 97.9 Å². The van der Waals surface area contributed by atoms with Crippen LogP contribution in [0.2, 0.25) is 0 Å². The maximum Gasteiger partial charge on any atom is 0.235 e. The molecule has 1 aliphatic rings. The lowest BCUT2D eigenvalue weighted by Crippen LogP contribution is -3.13. The Labute approximate surface area is 155 Å². The Morgan fingerprint density at radius 1 is 1.35 bits per heavy atom. The zero-order valence-corrected chi connectivity index (χ0v) is 15.4. The van der Waals surface area contributed by atoms with Gasteiger partial charge in [-0.3, -0.25) is 4.79 Å². The third-order valence-corrected chi connectivity index (χ3v) is 6.35. The van der Waals surface area contributed by atoms with Crippen LogP contribution in [0, 0.1) is 12.8 Å². The molecule has 4 rings (SSSR count). The molecular weight excluding hydrogens is 350 g/mol. The van der Waals surface area contributed by atoms with Crippen LogP contribution in [-0.2, 0) is 4.79 Å². The summed E-state index contributed by atoms with van der Waals surface area (Å²) in [5.74, 6) is -0.108. The molecule has 0 spiro atoms. The quantitative estimate of drug-likeness (QED) is 0.627. The van der Waals surface area contributed by atoms with Crippen molar-refractivity contribution in [1.82, 2.24) is 14.6 Å². The molecule has 0 unspecified atom stereocenters. The number of rotatable bonds is 4. The molecule has 0 saturated carbocycles. The Bertz CT molecular complexity index is 925. The van der Waals surface area contributed by atoms with Crippen molar-refractivity contribution in [3.8, 4) is 5.88 Å². The average molecular weight is 372 g/mol. The van der Waals surface area contributed by atoms with E-state index in [-0.39, 0.29) is 23.7 Å². The van der Waals surface area contributed by atoms with E-state index in [1.165, 1.54) is 32.6 Å². The number of primary amides is 1. The third kappa shape index (κ3) is 2.95. The van der Waals surface area contributed by atoms with E-state index in [9.17, 15) is 9.90 Å². The predicted octanol–water partition coefficient (Wildman–Crippen LogP) is 0.674. The summed E-state index contributed by atoms with van der Waals surface area (Å²) in [5, 5.41) is 14.8. The van der Waals surface area contributed by atoms with Crippen molar-refractivity contribution in [2.75, 3.05) is 13.1 Å². The van der Waals surface area contributed by atoms with E-state index < -0.39 is 0 Å². The van der Waals surface area contributed by atoms with E-state index in [0.717, 1.165) is 36.4 Å². The number of aryl methyl sites for hydroxylation is 1. The van der Waals surface area contributed by atoms with E-state index in [1.807, 2.05) is 0 Å². The number of aromatic nitrogens is 3. The molecule has 0 radical (unpaired) electrons. The second-order valence-electron chi connectivity index (χ2n) is 6.92. The molecule has 3 aromatic rings. The lowest BCUT2D eigenvalue weighted by Gasteiger charge is -2.33. The van der Waals surface area contributed by atoms with Crippen molar-refractivity contribution in [2.45, 2.75) is 25.8 Å². The number of nitrogens with two attached hydrogens (primary N) is 1. The minimum atomic E-state index is -0.211. The Morgan fingerprint density at radius 2 is 2.04 bits per heavy atom. The van der Waals surface area contributed by atoms with Gasteiger partial charge in [0, 0.05) is 24.3 Å². The smallest absolute Gasteiger partial charge is 0.235 e. The molecular formula is C18H22N5O2S+. The van der Waals surface area contributed by atoms with Crippen LogP contribution >= 0.6 is 11.3 Å². The number of hydrogen-bond acceptors (Lipinski definition) is 5. The van der Waals surface area contributed by atoms with Gasteiger partial charge in [-0.25, -0.2) is 4.98 Å². The van der Waals surface area contributed by atoms with Crippen LogP contribution in [0.25, 0.3) is 4.96 Å². The summed E-state index contributed by atoms with van der Waals surface area (Å²) in [6, 6.07) is 8.39. The summed E-state index contributed by atoms with van der Waals surface area (Å²) in [6.07, 6.45) is 2.99. The maximum atomic E-state index is 11.5. The molecule has 8 heteroatoms. The number of nitrogens with zero attached hydrogens (tertiary/aromatic N) is 3. The fourth-order valence-corrected chi connectivity index (χ4v) is 4.89. The number of carbonyl (C=O) groups excluding carboxylic acids is 1. The second-order valence-corrected chi connectivity index (χ2v) is 7.93. The molecule has 1 amide bonds. The molecule has 1 atom stereocenters. The number of aromatic hydroxyl groups is 1. The minimum Gasteiger partial charge on any atom is -0.492 e. The molecule has 1 aliphatic heterocycles. The van der Waals surface area contributed by atoms with Crippen molar-refractivity contribution in [3.63, 3.8) is 0 Å². The molecule has 1 fully saturated rings. The highest BCUT2D eigenvalue weighted by atomic mass is 32.1. The van der Waals surface area contributed by atoms with Crippen LogP contribution in [0.3, 0.4) is 0 Å². The van der Waals surface area contributed by atoms with Crippen LogP contribution < -0.4 is 10.6 Å². The molecule has 4 N–H and O–H groups in total. The molecule has 26 heavy (non-hydrogen) atoms. The van der Waals surface area contributed by atoms with Gasteiger partial charge >= 0.3 is 0 Å². The number of amides is 1. The van der Waals surface area contributed by atoms with Crippen molar-refractivity contribution in [2.24, 2.45) is 11.7 Å². The number of hydrogen-bond donors (Lipinski definition) is 3. The fourth-order valence-electron chi connectivity index (χ4n) is 3.78. The SMILES string of the molecule is Cc1ccc([C@H](c2sc3ncnn3c2O)[NH+]2CCC(C(N)=O)CC2)cc1. The Hall–Kier alpha value is -2.45. The first-order valence-corrected chi connectivity index (χ1v) is 9.58. The number of benzene rings is 1. The number of thiazole rings is 1. The minimum absolute atomic E-state index is 0.0158. The number of likely N-dealkylation sites (tertiary alicyclic amines) is 1. The highest BCUT2D eigenvalue weighted by molar-refractivity contribution is 7.17. The zero-order valence-electron chi connectivity index (χ0n) is 14.6. The first-order valence-electron chi connectivity index (χ1n) is 8.76. The summed E-state index contributed by atoms with van der Waals surface area (Å²) >= 11 is 1.47. The van der Waals surface area contributed by atoms with Gasteiger partial charge in [0.05, 0.1) is 13.1 Å². The predicted molar refractivity (Wildman–Crippen MR) is 98.2 cm³/mol. The van der Waals surface area contributed by atoms with Gasteiger partial charge < -0.3 is 15.7 Å². The highest BCUT2D eigenvalue weighted by Crippen LogP contribution is 2.35. The molecule has 3 heterocycles. The van der Waals surface area contributed by atoms with Crippen molar-refractivity contribution < 1.29 is 14.8 Å². The lowest BCUT2D eigenvalue weighted by molar-refractivity contribution is -0.930. The van der Waals surface area contributed by atoms with Gasteiger partial charge in [-0.15, -0.1) is 0 Å². The largest absolute Gasteiger partial charge is 0.492 e. The molecule has 7 nitrogen and oxygen atoms in total. The maximum absolute atomic E-state index is 11.5. The molecule has 0 bridgehead atoms. The van der Waals surface area contributed by atoms with E-state index in [4.69, 9.17) is 5.73 Å². The first-order chi connectivity index (χ1) is 12.5. The van der Waals surface area contributed by atoms with Gasteiger partial charge in [0.2, 0.25) is 16.7 Å². The summed E-state index contributed by atoms with van der Waals surface area (Å²) in [5.41, 5.74) is 7.82. The normalized spacial score (nSPS) is 21.7. The lowest BCUT2D eigenvalue weighted by atomic mass is 9.93. The van der Waals surface area contributed by atoms with Crippen molar-refractivity contribution >= 4 is 22.2 Å². The summed E-state index contributed by atoms with van der Waals surface area (Å²) in [4.78, 5) is 18.6. The Balaban J connectivity index is 1.72. The Morgan fingerprint density at radius 3 is 2.65 bits per heavy atom. The van der Waals surface area contributed by atoms with Crippen LogP contribution in [0.5, 0.6) is 5.88 Å². The number of piperidine rings is 1. The van der Waals surface area contributed by atoms with E-state index in [2.05, 4.69) is 41.3 Å². The number of carbonyl (C=O) groups is 1. The zero-order chi connectivity index (χ0) is 18.3. The molecule has 1 saturated heterocycles. The van der Waals surface area contributed by atoms with Gasteiger partial charge in [0.1, 0.15) is 11.2 Å². The summed E-state index contributed by atoms with van der Waals surface area (Å²) in [7, 11) is 0. The standard InChI is InChI=1S/C18H21N5O2S/c1-11-2-4-12(5-3-11)14(22-8-6-13(7-9-22)16(19)24)15-17(25)23-18(26-15)20-10-21-23/h2-5,10,13-14,25H,6-9H2,1H3,(H2,19,24)/p+1/t14-/m1/s1. The van der Waals surface area contributed by atoms with Crippen LogP contribution in [0.4, 0.5) is 0 Å². The number of fused-ring (bicyclic) bond motifs is 1. The second kappa shape index (κ2) is 6.69. The molecule has 0 aliphatic carbocycles. The van der Waals surface area contributed by atoms with Gasteiger partial charge in [-0.1, -0.05) is 41.2 Å². The van der Waals surface area contributed by atoms with Gasteiger partial charge in [0.15, 0.2) is 6.04 Å². The van der Waals surface area contributed by atoms with Gasteiger partial charge in [0.25, 0.3) is 0 Å². The van der Waals surface area contributed by atoms with Crippen molar-refractivity contribution in [3.05, 3.63) is 46.6 Å². The van der Waals surface area contributed by atoms with Crippen LogP contribution in [0.1, 0.15) is 34.9 Å². The average Bonchev–Trinajstić information content (AvgIpc) is 3.21. The molecule has 2 aromatic heterocycles. The molecule has 136 valence electrons. The number of quaternary nitrogens is 1. The van der Waals surface area contributed by atoms with E-state index in [1.54, 1.807) is 0 Å².